The van der Waals surface area contributed by atoms with Crippen LogP contribution in [0.15, 0.2) is 72.8 Å². The van der Waals surface area contributed by atoms with Crippen molar-refractivity contribution in [2.45, 2.75) is 31.2 Å². The van der Waals surface area contributed by atoms with Gasteiger partial charge in [0.1, 0.15) is 5.82 Å². The minimum atomic E-state index is -0.312. The molecule has 3 nitrogen and oxygen atoms in total. The molecule has 2 saturated carbocycles. The Balaban J connectivity index is 1.34. The zero-order chi connectivity index (χ0) is 20.9. The monoisotopic (exact) mass is 412 g/mol. The molecule has 1 amide bonds. The molecule has 3 aromatic rings. The number of fused-ring (bicyclic) bond motifs is 7. The van der Waals surface area contributed by atoms with Gasteiger partial charge in [-0.15, -0.1) is 0 Å². The van der Waals surface area contributed by atoms with Crippen molar-refractivity contribution in [3.05, 3.63) is 95.3 Å². The molecule has 0 aromatic heterocycles. The molecule has 1 aliphatic heterocycles. The lowest BCUT2D eigenvalue weighted by atomic mass is 9.68. The fourth-order valence-corrected chi connectivity index (χ4v) is 6.35. The minimum Gasteiger partial charge on any atom is -0.378 e. The van der Waals surface area contributed by atoms with Gasteiger partial charge >= 0.3 is 0 Å². The van der Waals surface area contributed by atoms with E-state index in [2.05, 4.69) is 53.1 Å². The van der Waals surface area contributed by atoms with E-state index in [9.17, 15) is 9.18 Å². The van der Waals surface area contributed by atoms with Crippen LogP contribution >= 0.6 is 0 Å². The summed E-state index contributed by atoms with van der Waals surface area (Å²) in [5, 5.41) is 6.71. The highest BCUT2D eigenvalue weighted by Gasteiger charge is 2.53. The smallest absolute Gasteiger partial charge is 0.255 e. The van der Waals surface area contributed by atoms with Crippen molar-refractivity contribution in [2.75, 3.05) is 10.6 Å². The summed E-state index contributed by atoms with van der Waals surface area (Å²) in [5.41, 5.74) is 5.06. The van der Waals surface area contributed by atoms with Gasteiger partial charge in [-0.05, 0) is 96.5 Å². The molecule has 4 heteroatoms. The first-order valence-corrected chi connectivity index (χ1v) is 11.2. The zero-order valence-corrected chi connectivity index (χ0v) is 17.2. The molecule has 0 unspecified atom stereocenters. The van der Waals surface area contributed by atoms with Crippen LogP contribution in [0.25, 0.3) is 0 Å². The lowest BCUT2D eigenvalue weighted by molar-refractivity contribution is 0.102. The normalized spacial score (nSPS) is 27.8. The molecule has 1 heterocycles. The van der Waals surface area contributed by atoms with Gasteiger partial charge in [0.05, 0.1) is 6.04 Å². The Morgan fingerprint density at radius 1 is 0.935 bits per heavy atom. The van der Waals surface area contributed by atoms with Gasteiger partial charge in [-0.2, -0.15) is 0 Å². The van der Waals surface area contributed by atoms with Crippen molar-refractivity contribution < 1.29 is 9.18 Å². The van der Waals surface area contributed by atoms with Crippen LogP contribution in [0.1, 0.15) is 52.7 Å². The average molecular weight is 413 g/mol. The fraction of sp³-hybridized carbons (Fsp3) is 0.296. The third-order valence-electron chi connectivity index (χ3n) is 7.61. The summed E-state index contributed by atoms with van der Waals surface area (Å²) in [6.07, 6.45) is 3.90. The third kappa shape index (κ3) is 3.13. The molecule has 0 radical (unpaired) electrons. The van der Waals surface area contributed by atoms with Gasteiger partial charge in [0.15, 0.2) is 0 Å². The van der Waals surface area contributed by atoms with Crippen LogP contribution in [0, 0.1) is 23.6 Å². The number of amides is 1. The molecule has 31 heavy (non-hydrogen) atoms. The molecule has 0 spiro atoms. The highest BCUT2D eigenvalue weighted by molar-refractivity contribution is 6.04. The van der Waals surface area contributed by atoms with Crippen molar-refractivity contribution >= 4 is 17.3 Å². The fourth-order valence-electron chi connectivity index (χ4n) is 6.35. The zero-order valence-electron chi connectivity index (χ0n) is 17.2. The maximum absolute atomic E-state index is 13.2. The van der Waals surface area contributed by atoms with Crippen LogP contribution in [0.4, 0.5) is 15.8 Å². The second kappa shape index (κ2) is 7.23. The average Bonchev–Trinajstić information content (AvgIpc) is 3.43. The van der Waals surface area contributed by atoms with Gasteiger partial charge < -0.3 is 10.6 Å². The number of benzene rings is 3. The largest absolute Gasteiger partial charge is 0.378 e. The third-order valence-corrected chi connectivity index (χ3v) is 7.61. The molecule has 6 rings (SSSR count). The first-order valence-electron chi connectivity index (χ1n) is 11.2. The Labute approximate surface area is 181 Å². The predicted molar refractivity (Wildman–Crippen MR) is 121 cm³/mol. The maximum Gasteiger partial charge on any atom is 0.255 e. The van der Waals surface area contributed by atoms with E-state index in [1.54, 1.807) is 12.1 Å². The van der Waals surface area contributed by atoms with Crippen LogP contribution in [0.2, 0.25) is 0 Å². The number of carbonyl (C=O) groups is 1. The van der Waals surface area contributed by atoms with E-state index in [1.165, 1.54) is 42.5 Å². The van der Waals surface area contributed by atoms with Gasteiger partial charge in [-0.25, -0.2) is 4.39 Å². The molecular formula is C27H25FN2O. The number of nitrogens with one attached hydrogen (secondary N) is 2. The van der Waals surface area contributed by atoms with Crippen molar-refractivity contribution in [3.8, 4) is 0 Å². The van der Waals surface area contributed by atoms with Crippen molar-refractivity contribution in [1.82, 2.24) is 0 Å². The Bertz CT molecular complexity index is 1130. The van der Waals surface area contributed by atoms with Crippen LogP contribution < -0.4 is 10.6 Å². The second-order valence-electron chi connectivity index (χ2n) is 9.23. The van der Waals surface area contributed by atoms with Crippen molar-refractivity contribution in [2.24, 2.45) is 17.8 Å². The van der Waals surface area contributed by atoms with E-state index < -0.39 is 0 Å². The Morgan fingerprint density at radius 2 is 1.71 bits per heavy atom. The first kappa shape index (κ1) is 18.6. The molecule has 2 N–H and O–H groups in total. The number of hydrogen-bond donors (Lipinski definition) is 2. The summed E-state index contributed by atoms with van der Waals surface area (Å²) in [6, 6.07) is 23.0. The SMILES string of the molecule is O=C(Nc1ccc(F)cc1)c1ccc2c(c1)[C@H]1[C@H]3CC[C@H](C3)[C@@H]1[C@H](c1ccccc1)N2. The van der Waals surface area contributed by atoms with Crippen LogP contribution in [0.5, 0.6) is 0 Å². The summed E-state index contributed by atoms with van der Waals surface area (Å²) in [7, 11) is 0. The maximum atomic E-state index is 13.2. The lowest BCUT2D eigenvalue weighted by Crippen LogP contribution is -2.35. The summed E-state index contributed by atoms with van der Waals surface area (Å²) in [6.45, 7) is 0. The number of halogens is 1. The van der Waals surface area contributed by atoms with Crippen molar-refractivity contribution in [1.29, 1.82) is 0 Å². The summed E-state index contributed by atoms with van der Waals surface area (Å²) < 4.78 is 13.2. The van der Waals surface area contributed by atoms with Crippen LogP contribution in [-0.2, 0) is 0 Å². The molecule has 0 saturated heterocycles. The van der Waals surface area contributed by atoms with Gasteiger partial charge in [0.25, 0.3) is 5.91 Å². The standard InChI is InChI=1S/C27H25FN2O/c28-20-9-11-21(12-10-20)29-27(31)19-8-13-23-22(15-19)24-17-6-7-18(14-17)25(24)26(30-23)16-4-2-1-3-5-16/h1-5,8-13,15,17-18,24-26,30H,6-7,14H2,(H,29,31)/t17-,18+,24+,25-,26-/m0/s1. The predicted octanol–water partition coefficient (Wildman–Crippen LogP) is 6.37. The van der Waals surface area contributed by atoms with Crippen LogP contribution in [-0.4, -0.2) is 5.91 Å². The number of anilines is 2. The molecule has 2 bridgehead atoms. The minimum absolute atomic E-state index is 0.153. The summed E-state index contributed by atoms with van der Waals surface area (Å²) >= 11 is 0. The lowest BCUT2D eigenvalue weighted by Gasteiger charge is -2.43. The number of rotatable bonds is 3. The second-order valence-corrected chi connectivity index (χ2v) is 9.23. The molecule has 5 atom stereocenters. The molecular weight excluding hydrogens is 387 g/mol. The van der Waals surface area contributed by atoms with E-state index in [-0.39, 0.29) is 11.7 Å². The molecule has 3 aliphatic rings. The van der Waals surface area contributed by atoms with E-state index in [0.717, 1.165) is 11.6 Å². The molecule has 3 aromatic carbocycles. The van der Waals surface area contributed by atoms with E-state index in [1.807, 2.05) is 6.07 Å². The Kier molecular flexibility index (Phi) is 4.34. The van der Waals surface area contributed by atoms with E-state index in [0.29, 0.717) is 35.0 Å². The molecule has 156 valence electrons. The topological polar surface area (TPSA) is 41.1 Å². The first-order chi connectivity index (χ1) is 15.2. The van der Waals surface area contributed by atoms with Gasteiger partial charge in [-0.1, -0.05) is 30.3 Å². The number of carbonyl (C=O) groups excluding carboxylic acids is 1. The summed E-state index contributed by atoms with van der Waals surface area (Å²) in [4.78, 5) is 12.9. The van der Waals surface area contributed by atoms with Crippen LogP contribution in [0.3, 0.4) is 0 Å². The number of hydrogen-bond acceptors (Lipinski definition) is 2. The van der Waals surface area contributed by atoms with Gasteiger partial charge in [0.2, 0.25) is 0 Å². The molecule has 2 fully saturated rings. The Hall–Kier alpha value is -3.14. The quantitative estimate of drug-likeness (QED) is 0.524. The van der Waals surface area contributed by atoms with Crippen molar-refractivity contribution in [3.63, 3.8) is 0 Å². The van der Waals surface area contributed by atoms with E-state index in [4.69, 9.17) is 0 Å². The highest BCUT2D eigenvalue weighted by Crippen LogP contribution is 2.63. The Morgan fingerprint density at radius 3 is 2.52 bits per heavy atom. The van der Waals surface area contributed by atoms with E-state index >= 15 is 0 Å². The summed E-state index contributed by atoms with van der Waals surface area (Å²) in [5.74, 6) is 2.06. The highest BCUT2D eigenvalue weighted by atomic mass is 19.1. The molecule has 2 aliphatic carbocycles. The van der Waals surface area contributed by atoms with Gasteiger partial charge in [-0.3, -0.25) is 4.79 Å². The van der Waals surface area contributed by atoms with Gasteiger partial charge in [0, 0.05) is 16.9 Å².